The van der Waals surface area contributed by atoms with E-state index in [-0.39, 0.29) is 30.7 Å². The summed E-state index contributed by atoms with van der Waals surface area (Å²) in [6, 6.07) is 3.85. The van der Waals surface area contributed by atoms with Crippen molar-refractivity contribution in [2.45, 2.75) is 0 Å². The zero-order valence-electron chi connectivity index (χ0n) is 10.2. The third-order valence-corrected chi connectivity index (χ3v) is 2.61. The Hall–Kier alpha value is -2.37. The molecule has 0 aliphatic carbocycles. The monoisotopic (exact) mass is 264 g/mol. The average molecular weight is 264 g/mol. The predicted molar refractivity (Wildman–Crippen MR) is 67.5 cm³/mol. The SMILES string of the molecule is C=CCNC(=O)CN1C(=O)COc2ccc(F)cc21. The summed E-state index contributed by atoms with van der Waals surface area (Å²) in [5.41, 5.74) is 0.269. The van der Waals surface area contributed by atoms with E-state index in [4.69, 9.17) is 4.74 Å². The molecule has 100 valence electrons. The Labute approximate surface area is 109 Å². The van der Waals surface area contributed by atoms with Gasteiger partial charge in [-0.05, 0) is 12.1 Å². The number of fused-ring (bicyclic) bond motifs is 1. The van der Waals surface area contributed by atoms with Gasteiger partial charge in [-0.1, -0.05) is 6.08 Å². The number of amides is 2. The van der Waals surface area contributed by atoms with Crippen LogP contribution in [0.1, 0.15) is 0 Å². The summed E-state index contributed by atoms with van der Waals surface area (Å²) in [4.78, 5) is 24.6. The minimum Gasteiger partial charge on any atom is -0.482 e. The number of carbonyl (C=O) groups excluding carboxylic acids is 2. The summed E-state index contributed by atoms with van der Waals surface area (Å²) in [5, 5.41) is 2.56. The molecule has 2 amide bonds. The maximum atomic E-state index is 13.2. The standard InChI is InChI=1S/C13H13FN2O3/c1-2-5-15-12(17)7-16-10-6-9(14)3-4-11(10)19-8-13(16)18/h2-4,6H,1,5,7-8H2,(H,15,17). The largest absolute Gasteiger partial charge is 0.482 e. The Kier molecular flexibility index (Phi) is 3.79. The molecule has 0 radical (unpaired) electrons. The van der Waals surface area contributed by atoms with Gasteiger partial charge in [0.05, 0.1) is 5.69 Å². The average Bonchev–Trinajstić information content (AvgIpc) is 2.40. The first-order chi connectivity index (χ1) is 9.11. The number of ether oxygens (including phenoxy) is 1. The topological polar surface area (TPSA) is 58.6 Å². The molecule has 0 atom stereocenters. The van der Waals surface area contributed by atoms with E-state index in [9.17, 15) is 14.0 Å². The van der Waals surface area contributed by atoms with E-state index in [1.54, 1.807) is 0 Å². The molecule has 1 aromatic rings. The fraction of sp³-hybridized carbons (Fsp3) is 0.231. The Morgan fingerprint density at radius 3 is 3.11 bits per heavy atom. The van der Waals surface area contributed by atoms with Crippen LogP contribution in [0.2, 0.25) is 0 Å². The third-order valence-electron chi connectivity index (χ3n) is 2.61. The molecule has 0 fully saturated rings. The minimum atomic E-state index is -0.492. The molecule has 1 heterocycles. The lowest BCUT2D eigenvalue weighted by atomic mass is 10.2. The summed E-state index contributed by atoms with van der Waals surface area (Å²) in [7, 11) is 0. The lowest BCUT2D eigenvalue weighted by molar-refractivity contribution is -0.125. The van der Waals surface area contributed by atoms with Gasteiger partial charge in [-0.25, -0.2) is 4.39 Å². The van der Waals surface area contributed by atoms with E-state index in [1.807, 2.05) is 0 Å². The number of hydrogen-bond donors (Lipinski definition) is 1. The van der Waals surface area contributed by atoms with Gasteiger partial charge >= 0.3 is 0 Å². The number of benzene rings is 1. The van der Waals surface area contributed by atoms with Crippen LogP contribution >= 0.6 is 0 Å². The highest BCUT2D eigenvalue weighted by atomic mass is 19.1. The van der Waals surface area contributed by atoms with Crippen molar-refractivity contribution in [3.8, 4) is 5.75 Å². The van der Waals surface area contributed by atoms with E-state index in [0.29, 0.717) is 12.3 Å². The lowest BCUT2D eigenvalue weighted by Gasteiger charge is -2.28. The van der Waals surface area contributed by atoms with Crippen LogP contribution in [0, 0.1) is 5.82 Å². The number of nitrogens with zero attached hydrogens (tertiary/aromatic N) is 1. The van der Waals surface area contributed by atoms with Crippen molar-refractivity contribution in [3.63, 3.8) is 0 Å². The second kappa shape index (κ2) is 5.51. The number of hydrogen-bond acceptors (Lipinski definition) is 3. The Balaban J connectivity index is 2.20. The molecule has 0 spiro atoms. The van der Waals surface area contributed by atoms with E-state index < -0.39 is 5.82 Å². The van der Waals surface area contributed by atoms with Crippen molar-refractivity contribution >= 4 is 17.5 Å². The van der Waals surface area contributed by atoms with Gasteiger partial charge in [0, 0.05) is 12.6 Å². The quantitative estimate of drug-likeness (QED) is 0.820. The Morgan fingerprint density at radius 2 is 2.37 bits per heavy atom. The Morgan fingerprint density at radius 1 is 1.58 bits per heavy atom. The van der Waals surface area contributed by atoms with Crippen LogP contribution in [0.15, 0.2) is 30.9 Å². The molecule has 2 rings (SSSR count). The molecule has 1 aliphatic rings. The highest BCUT2D eigenvalue weighted by molar-refractivity contribution is 6.02. The molecule has 0 unspecified atom stereocenters. The molecule has 1 aromatic carbocycles. The Bertz CT molecular complexity index is 531. The summed E-state index contributed by atoms with van der Waals surface area (Å²) in [6.07, 6.45) is 1.53. The number of halogens is 1. The van der Waals surface area contributed by atoms with Gasteiger partial charge in [-0.3, -0.25) is 14.5 Å². The van der Waals surface area contributed by atoms with Crippen LogP contribution < -0.4 is 15.0 Å². The normalized spacial score (nSPS) is 13.5. The van der Waals surface area contributed by atoms with Gasteiger partial charge in [0.15, 0.2) is 6.61 Å². The van der Waals surface area contributed by atoms with Gasteiger partial charge in [0.1, 0.15) is 18.1 Å². The molecular formula is C13H13FN2O3. The lowest BCUT2D eigenvalue weighted by Crippen LogP contribution is -2.45. The number of nitrogens with one attached hydrogen (secondary N) is 1. The molecule has 0 bridgehead atoms. The van der Waals surface area contributed by atoms with E-state index in [1.165, 1.54) is 29.2 Å². The molecule has 1 N–H and O–H groups in total. The first kappa shape index (κ1) is 13.1. The zero-order chi connectivity index (χ0) is 13.8. The minimum absolute atomic E-state index is 0.159. The molecule has 0 saturated heterocycles. The number of carbonyl (C=O) groups is 2. The maximum Gasteiger partial charge on any atom is 0.265 e. The molecule has 0 saturated carbocycles. The van der Waals surface area contributed by atoms with Crippen molar-refractivity contribution < 1.29 is 18.7 Å². The molecular weight excluding hydrogens is 251 g/mol. The summed E-state index contributed by atoms with van der Waals surface area (Å²) in [6.45, 7) is 3.46. The highest BCUT2D eigenvalue weighted by Crippen LogP contribution is 2.32. The number of anilines is 1. The highest BCUT2D eigenvalue weighted by Gasteiger charge is 2.27. The van der Waals surface area contributed by atoms with Gasteiger partial charge in [-0.15, -0.1) is 6.58 Å². The van der Waals surface area contributed by atoms with Gasteiger partial charge in [0.2, 0.25) is 5.91 Å². The van der Waals surface area contributed by atoms with Crippen LogP contribution in [-0.2, 0) is 9.59 Å². The van der Waals surface area contributed by atoms with Crippen LogP contribution in [0.25, 0.3) is 0 Å². The van der Waals surface area contributed by atoms with Crippen LogP contribution in [0.5, 0.6) is 5.75 Å². The summed E-state index contributed by atoms with van der Waals surface area (Å²) >= 11 is 0. The van der Waals surface area contributed by atoms with E-state index in [0.717, 1.165) is 0 Å². The second-order valence-electron chi connectivity index (χ2n) is 3.97. The first-order valence-corrected chi connectivity index (χ1v) is 5.72. The number of rotatable bonds is 4. The van der Waals surface area contributed by atoms with Gasteiger partial charge in [0.25, 0.3) is 5.91 Å². The van der Waals surface area contributed by atoms with Gasteiger partial charge in [-0.2, -0.15) is 0 Å². The molecule has 19 heavy (non-hydrogen) atoms. The van der Waals surface area contributed by atoms with E-state index >= 15 is 0 Å². The van der Waals surface area contributed by atoms with Gasteiger partial charge < -0.3 is 10.1 Å². The van der Waals surface area contributed by atoms with E-state index in [2.05, 4.69) is 11.9 Å². The zero-order valence-corrected chi connectivity index (χ0v) is 10.2. The van der Waals surface area contributed by atoms with Crippen LogP contribution in [0.4, 0.5) is 10.1 Å². The van der Waals surface area contributed by atoms with Crippen molar-refractivity contribution in [2.24, 2.45) is 0 Å². The van der Waals surface area contributed by atoms with Crippen molar-refractivity contribution in [2.75, 3.05) is 24.6 Å². The fourth-order valence-corrected chi connectivity index (χ4v) is 1.73. The summed E-state index contributed by atoms with van der Waals surface area (Å²) < 4.78 is 18.4. The molecule has 1 aliphatic heterocycles. The van der Waals surface area contributed by atoms with Crippen LogP contribution in [0.3, 0.4) is 0 Å². The van der Waals surface area contributed by atoms with Crippen LogP contribution in [-0.4, -0.2) is 31.5 Å². The maximum absolute atomic E-state index is 13.2. The predicted octanol–water partition coefficient (Wildman–Crippen LogP) is 0.853. The van der Waals surface area contributed by atoms with Crippen molar-refractivity contribution in [1.29, 1.82) is 0 Å². The molecule has 0 aromatic heterocycles. The smallest absolute Gasteiger partial charge is 0.265 e. The second-order valence-corrected chi connectivity index (χ2v) is 3.97. The fourth-order valence-electron chi connectivity index (χ4n) is 1.73. The molecule has 5 nitrogen and oxygen atoms in total. The molecule has 6 heteroatoms. The summed E-state index contributed by atoms with van der Waals surface area (Å²) in [5.74, 6) is -0.830. The first-order valence-electron chi connectivity index (χ1n) is 5.72. The van der Waals surface area contributed by atoms with Crippen molar-refractivity contribution in [1.82, 2.24) is 5.32 Å². The third kappa shape index (κ3) is 2.90. The van der Waals surface area contributed by atoms with Crippen molar-refractivity contribution in [3.05, 3.63) is 36.7 Å².